The molecule has 0 saturated heterocycles. The first-order valence-electron chi connectivity index (χ1n) is 10.7. The minimum Gasteiger partial charge on any atom is -0.373 e. The van der Waals surface area contributed by atoms with Crippen molar-refractivity contribution in [1.82, 2.24) is 24.6 Å². The van der Waals surface area contributed by atoms with E-state index < -0.39 is 23.1 Å². The molecular weight excluding hydrogens is 454 g/mol. The quantitative estimate of drug-likeness (QED) is 0.432. The summed E-state index contributed by atoms with van der Waals surface area (Å²) in [5.74, 6) is 4.01. The van der Waals surface area contributed by atoms with Gasteiger partial charge < -0.3 is 10.6 Å². The average molecular weight is 476 g/mol. The first-order chi connectivity index (χ1) is 16.8. The van der Waals surface area contributed by atoms with Gasteiger partial charge in [-0.3, -0.25) is 14.3 Å². The standard InChI is InChI=1S/C25H22F2N6O2/c1-15-22(25(35)33(32(15)3)13-17-6-8-19(26)20(27)12-17)24(34)29-10-4-5-16-7-9-21-18(11-16)23(28-2)31-14-30-21/h6-9,11-12,14H,10,13H2,1-3H3,(H,29,34)(H,28,30,31). The molecule has 1 amide bonds. The van der Waals surface area contributed by atoms with E-state index in [1.54, 1.807) is 21.0 Å². The molecule has 2 heterocycles. The monoisotopic (exact) mass is 476 g/mol. The van der Waals surface area contributed by atoms with Gasteiger partial charge in [0, 0.05) is 30.7 Å². The normalized spacial score (nSPS) is 10.7. The third-order valence-electron chi connectivity index (χ3n) is 5.64. The van der Waals surface area contributed by atoms with Crippen molar-refractivity contribution in [3.8, 4) is 11.8 Å². The summed E-state index contributed by atoms with van der Waals surface area (Å²) >= 11 is 0. The fraction of sp³-hybridized carbons (Fsp3) is 0.200. The molecule has 178 valence electrons. The Morgan fingerprint density at radius 2 is 1.91 bits per heavy atom. The second kappa shape index (κ2) is 9.77. The van der Waals surface area contributed by atoms with Crippen molar-refractivity contribution in [2.24, 2.45) is 7.05 Å². The first kappa shape index (κ1) is 23.6. The Hall–Kier alpha value is -4.52. The Morgan fingerprint density at radius 3 is 2.66 bits per heavy atom. The van der Waals surface area contributed by atoms with E-state index in [0.29, 0.717) is 17.1 Å². The van der Waals surface area contributed by atoms with Crippen LogP contribution in [0.1, 0.15) is 27.2 Å². The maximum atomic E-state index is 13.6. The number of aromatic nitrogens is 4. The van der Waals surface area contributed by atoms with Crippen molar-refractivity contribution in [1.29, 1.82) is 0 Å². The zero-order valence-corrected chi connectivity index (χ0v) is 19.3. The molecule has 10 heteroatoms. The summed E-state index contributed by atoms with van der Waals surface area (Å²) in [5.41, 5.74) is 1.78. The van der Waals surface area contributed by atoms with E-state index >= 15 is 0 Å². The van der Waals surface area contributed by atoms with E-state index in [1.807, 2.05) is 18.2 Å². The molecular formula is C25H22F2N6O2. The van der Waals surface area contributed by atoms with E-state index in [4.69, 9.17) is 0 Å². The highest BCUT2D eigenvalue weighted by molar-refractivity contribution is 5.95. The maximum absolute atomic E-state index is 13.6. The van der Waals surface area contributed by atoms with E-state index in [9.17, 15) is 18.4 Å². The van der Waals surface area contributed by atoms with Crippen LogP contribution in [-0.2, 0) is 13.6 Å². The topological polar surface area (TPSA) is 93.8 Å². The summed E-state index contributed by atoms with van der Waals surface area (Å²) < 4.78 is 29.6. The second-order valence-electron chi connectivity index (χ2n) is 7.78. The van der Waals surface area contributed by atoms with Gasteiger partial charge >= 0.3 is 0 Å². The predicted octanol–water partition coefficient (Wildman–Crippen LogP) is 2.59. The molecule has 2 N–H and O–H groups in total. The van der Waals surface area contributed by atoms with Gasteiger partial charge in [0.05, 0.1) is 18.6 Å². The van der Waals surface area contributed by atoms with Crippen molar-refractivity contribution in [2.45, 2.75) is 13.5 Å². The number of rotatable bonds is 5. The Bertz CT molecular complexity index is 1560. The van der Waals surface area contributed by atoms with Crippen LogP contribution in [0.3, 0.4) is 0 Å². The molecule has 0 aliphatic heterocycles. The SMILES string of the molecule is CNc1ncnc2ccc(C#CCNC(=O)c3c(C)n(C)n(Cc4ccc(F)c(F)c4)c3=O)cc12. The molecule has 0 radical (unpaired) electrons. The summed E-state index contributed by atoms with van der Waals surface area (Å²) in [7, 11) is 3.39. The molecule has 0 aliphatic carbocycles. The molecule has 4 rings (SSSR count). The molecule has 0 atom stereocenters. The lowest BCUT2D eigenvalue weighted by atomic mass is 10.1. The number of hydrogen-bond donors (Lipinski definition) is 2. The lowest BCUT2D eigenvalue weighted by Gasteiger charge is -2.08. The first-order valence-corrected chi connectivity index (χ1v) is 10.7. The van der Waals surface area contributed by atoms with Crippen LogP contribution in [0.15, 0.2) is 47.5 Å². The fourth-order valence-corrected chi connectivity index (χ4v) is 3.71. The summed E-state index contributed by atoms with van der Waals surface area (Å²) in [6.07, 6.45) is 1.48. The van der Waals surface area contributed by atoms with Crippen molar-refractivity contribution in [3.63, 3.8) is 0 Å². The number of benzene rings is 2. The number of nitrogens with zero attached hydrogens (tertiary/aromatic N) is 4. The minimum absolute atomic E-state index is 0.0132. The van der Waals surface area contributed by atoms with Crippen molar-refractivity contribution in [3.05, 3.63) is 87.1 Å². The van der Waals surface area contributed by atoms with Gasteiger partial charge in [0.25, 0.3) is 11.5 Å². The summed E-state index contributed by atoms with van der Waals surface area (Å²) in [6, 6.07) is 8.93. The molecule has 35 heavy (non-hydrogen) atoms. The molecule has 2 aromatic heterocycles. The number of carbonyl (C=O) groups is 1. The predicted molar refractivity (Wildman–Crippen MR) is 128 cm³/mol. The molecule has 0 unspecified atom stereocenters. The van der Waals surface area contributed by atoms with Crippen LogP contribution >= 0.6 is 0 Å². The van der Waals surface area contributed by atoms with Crippen LogP contribution in [0.4, 0.5) is 14.6 Å². The van der Waals surface area contributed by atoms with Gasteiger partial charge in [-0.25, -0.2) is 23.4 Å². The van der Waals surface area contributed by atoms with Gasteiger partial charge in [0.15, 0.2) is 11.6 Å². The number of nitrogens with one attached hydrogen (secondary N) is 2. The lowest BCUT2D eigenvalue weighted by Crippen LogP contribution is -2.31. The van der Waals surface area contributed by atoms with Crippen LogP contribution in [0.25, 0.3) is 10.9 Å². The molecule has 0 aliphatic rings. The van der Waals surface area contributed by atoms with Gasteiger partial charge in [-0.2, -0.15) is 0 Å². The number of fused-ring (bicyclic) bond motifs is 1. The third-order valence-corrected chi connectivity index (χ3v) is 5.64. The van der Waals surface area contributed by atoms with Crippen LogP contribution in [0, 0.1) is 30.4 Å². The van der Waals surface area contributed by atoms with E-state index in [-0.39, 0.29) is 18.7 Å². The Balaban J connectivity index is 1.49. The highest BCUT2D eigenvalue weighted by Gasteiger charge is 2.21. The summed E-state index contributed by atoms with van der Waals surface area (Å²) in [4.78, 5) is 34.0. The fourth-order valence-electron chi connectivity index (χ4n) is 3.71. The molecule has 0 spiro atoms. The van der Waals surface area contributed by atoms with Gasteiger partial charge in [-0.1, -0.05) is 17.9 Å². The van der Waals surface area contributed by atoms with Crippen LogP contribution in [0.2, 0.25) is 0 Å². The van der Waals surface area contributed by atoms with Crippen LogP contribution < -0.4 is 16.2 Å². The Morgan fingerprint density at radius 1 is 1.11 bits per heavy atom. The third kappa shape index (κ3) is 4.75. The van der Waals surface area contributed by atoms with Crippen LogP contribution in [-0.4, -0.2) is 38.8 Å². The highest BCUT2D eigenvalue weighted by Crippen LogP contribution is 2.19. The Labute approximate surface area is 199 Å². The minimum atomic E-state index is -1.00. The van der Waals surface area contributed by atoms with Gasteiger partial charge in [-0.15, -0.1) is 0 Å². The number of anilines is 1. The number of hydrogen-bond acceptors (Lipinski definition) is 5. The van der Waals surface area contributed by atoms with Crippen molar-refractivity contribution < 1.29 is 13.6 Å². The van der Waals surface area contributed by atoms with E-state index in [1.165, 1.54) is 21.8 Å². The zero-order valence-electron chi connectivity index (χ0n) is 19.3. The van der Waals surface area contributed by atoms with Crippen molar-refractivity contribution >= 4 is 22.6 Å². The maximum Gasteiger partial charge on any atom is 0.280 e. The van der Waals surface area contributed by atoms with E-state index in [0.717, 1.165) is 28.6 Å². The van der Waals surface area contributed by atoms with Gasteiger partial charge in [0.2, 0.25) is 0 Å². The largest absolute Gasteiger partial charge is 0.373 e. The molecule has 8 nitrogen and oxygen atoms in total. The van der Waals surface area contributed by atoms with Gasteiger partial charge in [0.1, 0.15) is 17.7 Å². The molecule has 0 saturated carbocycles. The molecule has 4 aromatic rings. The lowest BCUT2D eigenvalue weighted by molar-refractivity contribution is 0.0957. The Kier molecular flexibility index (Phi) is 6.59. The molecule has 0 bridgehead atoms. The number of halogens is 2. The van der Waals surface area contributed by atoms with Gasteiger partial charge in [-0.05, 0) is 42.8 Å². The zero-order chi connectivity index (χ0) is 25.1. The molecule has 2 aromatic carbocycles. The molecule has 0 fully saturated rings. The summed E-state index contributed by atoms with van der Waals surface area (Å²) in [6.45, 7) is 1.65. The van der Waals surface area contributed by atoms with Crippen LogP contribution in [0.5, 0.6) is 0 Å². The number of amides is 1. The van der Waals surface area contributed by atoms with E-state index in [2.05, 4.69) is 32.4 Å². The average Bonchev–Trinajstić information content (AvgIpc) is 3.06. The van der Waals surface area contributed by atoms with Crippen molar-refractivity contribution in [2.75, 3.05) is 18.9 Å². The second-order valence-corrected chi connectivity index (χ2v) is 7.78. The highest BCUT2D eigenvalue weighted by atomic mass is 19.2. The number of carbonyl (C=O) groups excluding carboxylic acids is 1. The summed E-state index contributed by atoms with van der Waals surface area (Å²) in [5, 5.41) is 6.48. The smallest absolute Gasteiger partial charge is 0.280 e.